The predicted molar refractivity (Wildman–Crippen MR) is 62.0 cm³/mol. The lowest BCUT2D eigenvalue weighted by Crippen LogP contribution is -2.12. The van der Waals surface area contributed by atoms with Crippen molar-refractivity contribution >= 4 is 11.6 Å². The minimum Gasteiger partial charge on any atom is -0.497 e. The number of benzene rings is 1. The highest BCUT2D eigenvalue weighted by molar-refractivity contribution is 6.02. The number of hydrogen-bond donors (Lipinski definition) is 1. The average molecular weight is 232 g/mol. The lowest BCUT2D eigenvalue weighted by Gasteiger charge is -2.04. The van der Waals surface area contributed by atoms with Gasteiger partial charge in [0.1, 0.15) is 5.75 Å². The normalized spacial score (nSPS) is 10.0. The smallest absolute Gasteiger partial charge is 0.277 e. The number of nitrogens with one attached hydrogen (secondary N) is 1. The topological polar surface area (TPSA) is 69.0 Å². The second kappa shape index (κ2) is 4.65. The largest absolute Gasteiger partial charge is 0.497 e. The summed E-state index contributed by atoms with van der Waals surface area (Å²) >= 11 is 0. The third kappa shape index (κ3) is 2.60. The number of amides is 1. The first-order chi connectivity index (χ1) is 8.19. The first-order valence-corrected chi connectivity index (χ1v) is 5.01. The van der Waals surface area contributed by atoms with E-state index in [0.29, 0.717) is 11.4 Å². The third-order valence-electron chi connectivity index (χ3n) is 2.16. The molecule has 6 nitrogen and oxygen atoms in total. The molecular formula is C11H12N4O2. The predicted octanol–water partition coefficient (Wildman–Crippen LogP) is 1.08. The van der Waals surface area contributed by atoms with Crippen LogP contribution in [0.1, 0.15) is 10.5 Å². The van der Waals surface area contributed by atoms with E-state index in [-0.39, 0.29) is 11.6 Å². The van der Waals surface area contributed by atoms with E-state index in [1.807, 2.05) is 0 Å². The van der Waals surface area contributed by atoms with Crippen LogP contribution in [-0.2, 0) is 7.05 Å². The molecule has 0 bridgehead atoms. The van der Waals surface area contributed by atoms with E-state index in [2.05, 4.69) is 15.6 Å². The number of methoxy groups -OCH3 is 1. The fraction of sp³-hybridized carbons (Fsp3) is 0.182. The van der Waals surface area contributed by atoms with Crippen LogP contribution >= 0.6 is 0 Å². The zero-order valence-electron chi connectivity index (χ0n) is 9.54. The van der Waals surface area contributed by atoms with Gasteiger partial charge in [0.05, 0.1) is 13.3 Å². The van der Waals surface area contributed by atoms with Crippen LogP contribution in [0.5, 0.6) is 5.75 Å². The molecule has 2 rings (SSSR count). The highest BCUT2D eigenvalue weighted by atomic mass is 16.5. The molecule has 1 N–H and O–H groups in total. The molecule has 0 radical (unpaired) electrons. The Morgan fingerprint density at radius 3 is 2.94 bits per heavy atom. The summed E-state index contributed by atoms with van der Waals surface area (Å²) in [6.07, 6.45) is 1.55. The van der Waals surface area contributed by atoms with Gasteiger partial charge in [-0.3, -0.25) is 9.48 Å². The summed E-state index contributed by atoms with van der Waals surface area (Å²) in [4.78, 5) is 11.8. The fourth-order valence-electron chi connectivity index (χ4n) is 1.35. The number of aryl methyl sites for hydroxylation is 1. The van der Waals surface area contributed by atoms with Crippen LogP contribution < -0.4 is 10.1 Å². The van der Waals surface area contributed by atoms with Crippen molar-refractivity contribution in [2.75, 3.05) is 12.4 Å². The number of carbonyl (C=O) groups excluding carboxylic acids is 1. The zero-order valence-corrected chi connectivity index (χ0v) is 9.54. The SMILES string of the molecule is COc1cccc(NC(=O)c2cn(C)nn2)c1. The molecule has 0 fully saturated rings. The molecule has 17 heavy (non-hydrogen) atoms. The van der Waals surface area contributed by atoms with Crippen LogP contribution in [0.25, 0.3) is 0 Å². The summed E-state index contributed by atoms with van der Waals surface area (Å²) in [5.41, 5.74) is 0.926. The second-order valence-corrected chi connectivity index (χ2v) is 3.46. The molecule has 1 aromatic heterocycles. The minimum atomic E-state index is -0.300. The lowest BCUT2D eigenvalue weighted by molar-refractivity contribution is 0.102. The average Bonchev–Trinajstić information content (AvgIpc) is 2.76. The van der Waals surface area contributed by atoms with Gasteiger partial charge in [-0.25, -0.2) is 0 Å². The summed E-state index contributed by atoms with van der Waals surface area (Å²) < 4.78 is 6.54. The maximum Gasteiger partial charge on any atom is 0.277 e. The summed E-state index contributed by atoms with van der Waals surface area (Å²) in [5, 5.41) is 10.1. The fourth-order valence-corrected chi connectivity index (χ4v) is 1.35. The van der Waals surface area contributed by atoms with Gasteiger partial charge in [-0.15, -0.1) is 5.10 Å². The van der Waals surface area contributed by atoms with Crippen LogP contribution in [0.4, 0.5) is 5.69 Å². The molecule has 88 valence electrons. The van der Waals surface area contributed by atoms with E-state index >= 15 is 0 Å². The summed E-state index contributed by atoms with van der Waals surface area (Å²) in [6, 6.07) is 7.11. The molecule has 0 aliphatic heterocycles. The number of hydrogen-bond acceptors (Lipinski definition) is 4. The van der Waals surface area contributed by atoms with E-state index in [0.717, 1.165) is 0 Å². The van der Waals surface area contributed by atoms with E-state index in [9.17, 15) is 4.79 Å². The number of carbonyl (C=O) groups is 1. The summed E-state index contributed by atoms with van der Waals surface area (Å²) in [5.74, 6) is 0.383. The number of nitrogens with zero attached hydrogens (tertiary/aromatic N) is 3. The summed E-state index contributed by atoms with van der Waals surface area (Å²) in [6.45, 7) is 0. The highest BCUT2D eigenvalue weighted by Crippen LogP contribution is 2.17. The molecule has 1 amide bonds. The number of aromatic nitrogens is 3. The molecule has 0 unspecified atom stereocenters. The molecule has 0 saturated carbocycles. The quantitative estimate of drug-likeness (QED) is 0.859. The Labute approximate surface area is 98.2 Å². The molecule has 1 aromatic carbocycles. The van der Waals surface area contributed by atoms with Gasteiger partial charge in [-0.1, -0.05) is 11.3 Å². The van der Waals surface area contributed by atoms with Crippen LogP contribution in [0.2, 0.25) is 0 Å². The first-order valence-electron chi connectivity index (χ1n) is 5.01. The van der Waals surface area contributed by atoms with Gasteiger partial charge in [0.15, 0.2) is 5.69 Å². The van der Waals surface area contributed by atoms with Gasteiger partial charge in [-0.05, 0) is 12.1 Å². The van der Waals surface area contributed by atoms with Gasteiger partial charge in [-0.2, -0.15) is 0 Å². The Hall–Kier alpha value is -2.37. The molecule has 0 atom stereocenters. The summed E-state index contributed by atoms with van der Waals surface area (Å²) in [7, 11) is 3.28. The molecule has 0 saturated heterocycles. The van der Waals surface area contributed by atoms with E-state index in [1.165, 1.54) is 4.68 Å². The molecule has 1 heterocycles. The van der Waals surface area contributed by atoms with Gasteiger partial charge in [0.2, 0.25) is 0 Å². The second-order valence-electron chi connectivity index (χ2n) is 3.46. The third-order valence-corrected chi connectivity index (χ3v) is 2.16. The van der Waals surface area contributed by atoms with Crippen LogP contribution in [0.3, 0.4) is 0 Å². The van der Waals surface area contributed by atoms with Crippen molar-refractivity contribution in [1.29, 1.82) is 0 Å². The van der Waals surface area contributed by atoms with Crippen LogP contribution in [0.15, 0.2) is 30.5 Å². The number of ether oxygens (including phenoxy) is 1. The van der Waals surface area contributed by atoms with E-state index in [4.69, 9.17) is 4.74 Å². The maximum atomic E-state index is 11.8. The lowest BCUT2D eigenvalue weighted by atomic mass is 10.3. The highest BCUT2D eigenvalue weighted by Gasteiger charge is 2.10. The van der Waals surface area contributed by atoms with Crippen molar-refractivity contribution in [1.82, 2.24) is 15.0 Å². The van der Waals surface area contributed by atoms with E-state index < -0.39 is 0 Å². The van der Waals surface area contributed by atoms with Gasteiger partial charge < -0.3 is 10.1 Å². The zero-order chi connectivity index (χ0) is 12.3. The van der Waals surface area contributed by atoms with Crippen molar-refractivity contribution in [3.63, 3.8) is 0 Å². The van der Waals surface area contributed by atoms with Crippen molar-refractivity contribution in [3.8, 4) is 5.75 Å². The Morgan fingerprint density at radius 2 is 2.29 bits per heavy atom. The van der Waals surface area contributed by atoms with Gasteiger partial charge >= 0.3 is 0 Å². The Kier molecular flexibility index (Phi) is 3.04. The minimum absolute atomic E-state index is 0.273. The van der Waals surface area contributed by atoms with Crippen molar-refractivity contribution in [3.05, 3.63) is 36.2 Å². The van der Waals surface area contributed by atoms with E-state index in [1.54, 1.807) is 44.6 Å². The number of anilines is 1. The Morgan fingerprint density at radius 1 is 1.47 bits per heavy atom. The Balaban J connectivity index is 2.12. The first kappa shape index (κ1) is 11.1. The van der Waals surface area contributed by atoms with Gasteiger partial charge in [0.25, 0.3) is 5.91 Å². The maximum absolute atomic E-state index is 11.8. The molecule has 6 heteroatoms. The molecule has 0 aliphatic rings. The van der Waals surface area contributed by atoms with Crippen molar-refractivity contribution in [2.24, 2.45) is 7.05 Å². The Bertz CT molecular complexity index is 536. The van der Waals surface area contributed by atoms with Crippen LogP contribution in [-0.4, -0.2) is 28.0 Å². The molecule has 0 spiro atoms. The molecular weight excluding hydrogens is 220 g/mol. The van der Waals surface area contributed by atoms with Crippen molar-refractivity contribution < 1.29 is 9.53 Å². The van der Waals surface area contributed by atoms with Crippen molar-refractivity contribution in [2.45, 2.75) is 0 Å². The monoisotopic (exact) mass is 232 g/mol. The number of rotatable bonds is 3. The standard InChI is InChI=1S/C11H12N4O2/c1-15-7-10(13-14-15)11(16)12-8-4-3-5-9(6-8)17-2/h3-7H,1-2H3,(H,12,16). The van der Waals surface area contributed by atoms with Crippen LogP contribution in [0, 0.1) is 0 Å². The molecule has 0 aliphatic carbocycles. The molecule has 2 aromatic rings. The van der Waals surface area contributed by atoms with Gasteiger partial charge in [0, 0.05) is 18.8 Å².